The predicted octanol–water partition coefficient (Wildman–Crippen LogP) is 6.80. The van der Waals surface area contributed by atoms with Gasteiger partial charge in [-0.1, -0.05) is 78.4 Å². The molecule has 2 heterocycles. The first-order valence-corrected chi connectivity index (χ1v) is 13.1. The van der Waals surface area contributed by atoms with Gasteiger partial charge in [-0.15, -0.1) is 0 Å². The zero-order chi connectivity index (χ0) is 26.9. The minimum absolute atomic E-state index is 0.293. The molecule has 0 saturated carbocycles. The summed E-state index contributed by atoms with van der Waals surface area (Å²) in [5, 5.41) is 0.502. The Balaban J connectivity index is 1.54. The summed E-state index contributed by atoms with van der Waals surface area (Å²) in [5.74, 6) is -2.17. The summed E-state index contributed by atoms with van der Waals surface area (Å²) < 4.78 is 13.8. The lowest BCUT2D eigenvalue weighted by atomic mass is 9.64. The smallest absolute Gasteiger partial charge is 0.185 e. The lowest BCUT2D eigenvalue weighted by molar-refractivity contribution is 0.0666. The van der Waals surface area contributed by atoms with E-state index >= 15 is 0 Å². The monoisotopic (exact) mass is 533 g/mol. The van der Waals surface area contributed by atoms with Gasteiger partial charge in [-0.25, -0.2) is 4.39 Å². The molecular formula is C33H21ClFNO3. The molecule has 6 heteroatoms. The second kappa shape index (κ2) is 8.58. The predicted molar refractivity (Wildman–Crippen MR) is 148 cm³/mol. The highest BCUT2D eigenvalue weighted by molar-refractivity contribution is 6.32. The minimum Gasteiger partial charge on any atom is -0.352 e. The molecule has 4 aromatic rings. The number of hydrogen-bond donors (Lipinski definition) is 0. The number of nitrogens with zero attached hydrogens (tertiary/aromatic N) is 1. The van der Waals surface area contributed by atoms with Crippen LogP contribution in [0.25, 0.3) is 6.08 Å². The highest BCUT2D eigenvalue weighted by atomic mass is 35.5. The number of halogens is 2. The number of rotatable bonds is 3. The van der Waals surface area contributed by atoms with Crippen molar-refractivity contribution in [3.63, 3.8) is 0 Å². The molecule has 4 nitrogen and oxygen atoms in total. The maximum atomic E-state index is 14.5. The second-order valence-electron chi connectivity index (χ2n) is 10.2. The summed E-state index contributed by atoms with van der Waals surface area (Å²) in [6.07, 6.45) is 3.80. The van der Waals surface area contributed by atoms with Crippen LogP contribution in [0.5, 0.6) is 0 Å². The number of para-hydroxylation sites is 1. The number of benzene rings is 4. The summed E-state index contributed by atoms with van der Waals surface area (Å²) in [5.41, 5.74) is 1.76. The molecule has 3 aliphatic rings. The van der Waals surface area contributed by atoms with E-state index in [4.69, 9.17) is 11.6 Å². The Kier molecular flexibility index (Phi) is 5.23. The van der Waals surface area contributed by atoms with Crippen LogP contribution in [0.15, 0.2) is 103 Å². The zero-order valence-electron chi connectivity index (χ0n) is 20.6. The second-order valence-corrected chi connectivity index (χ2v) is 10.6. The summed E-state index contributed by atoms with van der Waals surface area (Å²) in [4.78, 5) is 45.5. The van der Waals surface area contributed by atoms with Crippen LogP contribution < -0.4 is 4.90 Å². The molecule has 1 spiro atoms. The third-order valence-corrected chi connectivity index (χ3v) is 8.59. The van der Waals surface area contributed by atoms with E-state index in [-0.39, 0.29) is 17.3 Å². The van der Waals surface area contributed by atoms with Crippen molar-refractivity contribution in [1.29, 1.82) is 0 Å². The van der Waals surface area contributed by atoms with Gasteiger partial charge in [0.15, 0.2) is 17.3 Å². The molecule has 1 unspecified atom stereocenters. The van der Waals surface area contributed by atoms with Crippen molar-refractivity contribution in [1.82, 2.24) is 0 Å². The largest absolute Gasteiger partial charge is 0.352 e. The summed E-state index contributed by atoms with van der Waals surface area (Å²) in [7, 11) is 0. The van der Waals surface area contributed by atoms with Crippen molar-refractivity contribution in [2.45, 2.75) is 18.0 Å². The van der Waals surface area contributed by atoms with E-state index in [1.807, 2.05) is 41.3 Å². The molecule has 1 saturated heterocycles. The number of carbonyl (C=O) groups excluding carboxylic acids is 3. The van der Waals surface area contributed by atoms with E-state index in [9.17, 15) is 18.8 Å². The molecule has 39 heavy (non-hydrogen) atoms. The summed E-state index contributed by atoms with van der Waals surface area (Å²) in [6.45, 7) is 0. The van der Waals surface area contributed by atoms with Crippen LogP contribution in [0.4, 0.5) is 10.1 Å². The van der Waals surface area contributed by atoms with Crippen molar-refractivity contribution in [3.8, 4) is 0 Å². The van der Waals surface area contributed by atoms with Gasteiger partial charge in [0.25, 0.3) is 0 Å². The third kappa shape index (κ3) is 3.20. The molecule has 0 N–H and O–H groups in total. The van der Waals surface area contributed by atoms with E-state index in [1.165, 1.54) is 24.3 Å². The molecular weight excluding hydrogens is 513 g/mol. The Hall–Kier alpha value is -4.35. The Morgan fingerprint density at radius 1 is 0.795 bits per heavy atom. The van der Waals surface area contributed by atoms with Gasteiger partial charge in [0.2, 0.25) is 0 Å². The average Bonchev–Trinajstić information content (AvgIpc) is 3.40. The Bertz CT molecular complexity index is 1670. The van der Waals surface area contributed by atoms with Crippen molar-refractivity contribution < 1.29 is 18.8 Å². The van der Waals surface area contributed by atoms with Gasteiger partial charge in [-0.05, 0) is 53.6 Å². The van der Waals surface area contributed by atoms with Crippen LogP contribution in [-0.2, 0) is 0 Å². The van der Waals surface area contributed by atoms with Gasteiger partial charge in [0.1, 0.15) is 17.3 Å². The van der Waals surface area contributed by atoms with E-state index in [2.05, 4.69) is 0 Å². The van der Waals surface area contributed by atoms with E-state index in [0.717, 1.165) is 11.3 Å². The Morgan fingerprint density at radius 3 is 2.08 bits per heavy atom. The van der Waals surface area contributed by atoms with E-state index < -0.39 is 29.2 Å². The first kappa shape index (κ1) is 23.7. The van der Waals surface area contributed by atoms with Crippen LogP contribution >= 0.6 is 11.6 Å². The quantitative estimate of drug-likeness (QED) is 0.215. The molecule has 1 aliphatic carbocycles. The molecule has 0 bridgehead atoms. The Labute approximate surface area is 229 Å². The zero-order valence-corrected chi connectivity index (χ0v) is 21.3. The molecule has 3 atom stereocenters. The van der Waals surface area contributed by atoms with Crippen LogP contribution in [0.1, 0.15) is 48.1 Å². The van der Waals surface area contributed by atoms with Crippen molar-refractivity contribution in [2.24, 2.45) is 5.41 Å². The minimum atomic E-state index is -1.58. The van der Waals surface area contributed by atoms with Crippen LogP contribution in [0, 0.1) is 11.2 Å². The fourth-order valence-electron chi connectivity index (χ4n) is 6.75. The molecule has 2 aliphatic heterocycles. The van der Waals surface area contributed by atoms with Gasteiger partial charge in [-0.3, -0.25) is 14.4 Å². The van der Waals surface area contributed by atoms with Crippen molar-refractivity contribution >= 4 is 40.7 Å². The molecule has 4 aromatic carbocycles. The maximum absolute atomic E-state index is 14.5. The fourth-order valence-corrected chi connectivity index (χ4v) is 6.87. The number of fused-ring (bicyclic) bond motifs is 5. The number of Topliss-reactive ketones (excluding diaryl/α,β-unsaturated/α-hetero) is 3. The van der Waals surface area contributed by atoms with Crippen molar-refractivity contribution in [2.75, 3.05) is 4.90 Å². The first-order chi connectivity index (χ1) is 18.9. The number of carbonyl (C=O) groups is 3. The molecule has 0 radical (unpaired) electrons. The SMILES string of the molecule is O=C(c1ccc(F)cc1)[C@H]1[C@H](c2ccc(Cl)cc2)C2(C(=O)c3ccccc3C2=O)C2C=Cc3ccccc3N21. The standard InChI is InChI=1S/C33H21ClFNO3/c34-22-14-9-20(10-15-22)28-29(30(37)21-11-16-23(35)17-12-21)36-26-8-4-1-5-19(26)13-18-27(36)33(28)31(38)24-6-2-3-7-25(24)32(33)39/h1-18,27-29H/t27?,28-,29+/m0/s1. The normalized spacial score (nSPS) is 22.1. The van der Waals surface area contributed by atoms with Gasteiger partial charge >= 0.3 is 0 Å². The van der Waals surface area contributed by atoms with Crippen LogP contribution in [-0.4, -0.2) is 29.4 Å². The first-order valence-electron chi connectivity index (χ1n) is 12.7. The summed E-state index contributed by atoms with van der Waals surface area (Å²) in [6, 6.07) is 25.3. The lowest BCUT2D eigenvalue weighted by Gasteiger charge is -2.37. The lowest BCUT2D eigenvalue weighted by Crippen LogP contribution is -2.48. The van der Waals surface area contributed by atoms with E-state index in [0.29, 0.717) is 27.3 Å². The topological polar surface area (TPSA) is 54.5 Å². The van der Waals surface area contributed by atoms with Gasteiger partial charge in [0, 0.05) is 33.3 Å². The van der Waals surface area contributed by atoms with Gasteiger partial charge in [0.05, 0.1) is 6.04 Å². The molecule has 1 fully saturated rings. The summed E-state index contributed by atoms with van der Waals surface area (Å²) >= 11 is 6.24. The Morgan fingerprint density at radius 2 is 1.41 bits per heavy atom. The maximum Gasteiger partial charge on any atom is 0.185 e. The van der Waals surface area contributed by atoms with E-state index in [1.54, 1.807) is 48.5 Å². The number of ketones is 3. The fraction of sp³-hybridized carbons (Fsp3) is 0.121. The number of hydrogen-bond acceptors (Lipinski definition) is 4. The van der Waals surface area contributed by atoms with Gasteiger partial charge < -0.3 is 4.90 Å². The molecule has 7 rings (SSSR count). The van der Waals surface area contributed by atoms with Crippen LogP contribution in [0.3, 0.4) is 0 Å². The molecule has 0 amide bonds. The van der Waals surface area contributed by atoms with Crippen LogP contribution in [0.2, 0.25) is 5.02 Å². The average molecular weight is 534 g/mol. The number of anilines is 1. The van der Waals surface area contributed by atoms with Gasteiger partial charge in [-0.2, -0.15) is 0 Å². The van der Waals surface area contributed by atoms with Crippen molar-refractivity contribution in [3.05, 3.63) is 142 Å². The molecule has 190 valence electrons. The highest BCUT2D eigenvalue weighted by Crippen LogP contribution is 2.61. The molecule has 0 aromatic heterocycles. The highest BCUT2D eigenvalue weighted by Gasteiger charge is 2.71. The third-order valence-electron chi connectivity index (χ3n) is 8.34.